The van der Waals surface area contributed by atoms with Gasteiger partial charge in [0.15, 0.2) is 0 Å². The maximum atomic E-state index is 12.9. The third-order valence-corrected chi connectivity index (χ3v) is 3.28. The molecule has 0 radical (unpaired) electrons. The third kappa shape index (κ3) is 4.35. The summed E-state index contributed by atoms with van der Waals surface area (Å²) in [4.78, 5) is 21.9. The number of alkyl halides is 3. The van der Waals surface area contributed by atoms with Gasteiger partial charge in [-0.2, -0.15) is 18.3 Å². The van der Waals surface area contributed by atoms with Gasteiger partial charge in [-0.25, -0.2) is 5.43 Å². The van der Waals surface area contributed by atoms with Gasteiger partial charge in [-0.15, -0.1) is 0 Å². The highest BCUT2D eigenvalue weighted by Crippen LogP contribution is 2.37. The molecule has 0 bridgehead atoms. The number of phenolic OH excluding ortho intramolecular Hbond substituents is 1. The quantitative estimate of drug-likeness (QED) is 0.491. The molecule has 2 aromatic carbocycles. The predicted octanol–water partition coefficient (Wildman–Crippen LogP) is 3.39. The van der Waals surface area contributed by atoms with Crippen LogP contribution in [0.3, 0.4) is 0 Å². The lowest BCUT2D eigenvalue weighted by Gasteiger charge is -2.11. The molecule has 2 N–H and O–H groups in total. The number of nitrogens with zero attached hydrogens (tertiary/aromatic N) is 2. The molecule has 0 unspecified atom stereocenters. The number of nitro groups is 1. The fraction of sp³-hybridized carbons (Fsp3) is 0.125. The molecule has 136 valence electrons. The molecule has 0 aliphatic heterocycles. The Hall–Kier alpha value is -3.43. The summed E-state index contributed by atoms with van der Waals surface area (Å²) in [6.45, 7) is 1.41. The Morgan fingerprint density at radius 3 is 2.62 bits per heavy atom. The first kappa shape index (κ1) is 18.9. The molecule has 0 spiro atoms. The number of non-ortho nitro benzene ring substituents is 1. The third-order valence-electron chi connectivity index (χ3n) is 3.28. The summed E-state index contributed by atoms with van der Waals surface area (Å²) in [5, 5.41) is 23.9. The van der Waals surface area contributed by atoms with Gasteiger partial charge in [0.05, 0.1) is 16.7 Å². The van der Waals surface area contributed by atoms with Crippen molar-refractivity contribution in [3.63, 3.8) is 0 Å². The van der Waals surface area contributed by atoms with Gasteiger partial charge in [0, 0.05) is 23.3 Å². The van der Waals surface area contributed by atoms with Gasteiger partial charge in [-0.3, -0.25) is 14.9 Å². The minimum atomic E-state index is -4.75. The molecule has 0 atom stereocenters. The lowest BCUT2D eigenvalue weighted by atomic mass is 10.0. The highest BCUT2D eigenvalue weighted by molar-refractivity contribution is 5.95. The number of hydrazone groups is 1. The summed E-state index contributed by atoms with van der Waals surface area (Å²) in [7, 11) is 0. The summed E-state index contributed by atoms with van der Waals surface area (Å²) in [6.07, 6.45) is -3.89. The van der Waals surface area contributed by atoms with Crippen molar-refractivity contribution in [2.75, 3.05) is 0 Å². The average Bonchev–Trinajstić information content (AvgIpc) is 2.56. The Kier molecular flexibility index (Phi) is 5.24. The molecule has 0 heterocycles. The molecule has 0 aromatic heterocycles. The number of carbonyl (C=O) groups excluding carboxylic acids is 1. The van der Waals surface area contributed by atoms with Crippen molar-refractivity contribution in [1.82, 2.24) is 5.43 Å². The molecule has 1 amide bonds. The number of amides is 1. The molecule has 0 fully saturated rings. The van der Waals surface area contributed by atoms with Crippen LogP contribution in [0.4, 0.5) is 18.9 Å². The van der Waals surface area contributed by atoms with Crippen LogP contribution < -0.4 is 5.43 Å². The van der Waals surface area contributed by atoms with Gasteiger partial charge in [0.25, 0.3) is 11.6 Å². The lowest BCUT2D eigenvalue weighted by molar-refractivity contribution is -0.384. The summed E-state index contributed by atoms with van der Waals surface area (Å²) < 4.78 is 38.6. The second-order valence-electron chi connectivity index (χ2n) is 5.25. The Balaban J connectivity index is 2.21. The SMILES string of the molecule is Cc1cc(/C=N/NC(=O)c2cccc([N+](=O)[O-])c2)c(O)c(C(F)(F)F)c1. The fourth-order valence-corrected chi connectivity index (χ4v) is 2.11. The zero-order chi connectivity index (χ0) is 19.5. The van der Waals surface area contributed by atoms with Crippen molar-refractivity contribution in [2.45, 2.75) is 13.1 Å². The van der Waals surface area contributed by atoms with E-state index < -0.39 is 28.3 Å². The Bertz CT molecular complexity index is 895. The van der Waals surface area contributed by atoms with Crippen molar-refractivity contribution >= 4 is 17.8 Å². The fourth-order valence-electron chi connectivity index (χ4n) is 2.11. The number of nitro benzene ring substituents is 1. The van der Waals surface area contributed by atoms with E-state index in [0.29, 0.717) is 0 Å². The van der Waals surface area contributed by atoms with Gasteiger partial charge in [0.2, 0.25) is 0 Å². The van der Waals surface area contributed by atoms with Crippen LogP contribution in [0.25, 0.3) is 0 Å². The molecule has 7 nitrogen and oxygen atoms in total. The Morgan fingerprint density at radius 2 is 2.00 bits per heavy atom. The van der Waals surface area contributed by atoms with E-state index >= 15 is 0 Å². The normalized spacial score (nSPS) is 11.5. The molecule has 0 saturated carbocycles. The molecule has 0 aliphatic carbocycles. The topological polar surface area (TPSA) is 105 Å². The number of hydrogen-bond acceptors (Lipinski definition) is 5. The van der Waals surface area contributed by atoms with E-state index in [-0.39, 0.29) is 22.4 Å². The van der Waals surface area contributed by atoms with Crippen molar-refractivity contribution in [2.24, 2.45) is 5.10 Å². The van der Waals surface area contributed by atoms with Gasteiger partial charge in [-0.1, -0.05) is 6.07 Å². The number of phenols is 1. The summed E-state index contributed by atoms with van der Waals surface area (Å²) in [5.41, 5.74) is 0.461. The highest BCUT2D eigenvalue weighted by atomic mass is 19.4. The van der Waals surface area contributed by atoms with Crippen LogP contribution in [0.2, 0.25) is 0 Å². The van der Waals surface area contributed by atoms with Crippen LogP contribution >= 0.6 is 0 Å². The van der Waals surface area contributed by atoms with Gasteiger partial charge >= 0.3 is 6.18 Å². The van der Waals surface area contributed by atoms with Crippen LogP contribution in [-0.4, -0.2) is 22.2 Å². The second-order valence-corrected chi connectivity index (χ2v) is 5.25. The molecule has 2 rings (SSSR count). The first-order chi connectivity index (χ1) is 12.1. The van der Waals surface area contributed by atoms with Crippen molar-refractivity contribution < 1.29 is 28.0 Å². The van der Waals surface area contributed by atoms with E-state index in [1.165, 1.54) is 31.2 Å². The predicted molar refractivity (Wildman–Crippen MR) is 86.0 cm³/mol. The number of halogens is 3. The molecule has 0 saturated heterocycles. The summed E-state index contributed by atoms with van der Waals surface area (Å²) in [5.74, 6) is -1.82. The maximum Gasteiger partial charge on any atom is 0.419 e. The first-order valence-corrected chi connectivity index (χ1v) is 7.08. The van der Waals surface area contributed by atoms with E-state index in [4.69, 9.17) is 0 Å². The van der Waals surface area contributed by atoms with Gasteiger partial charge in [0.1, 0.15) is 5.75 Å². The number of benzene rings is 2. The summed E-state index contributed by atoms with van der Waals surface area (Å²) in [6, 6.07) is 6.88. The number of aryl methyl sites for hydroxylation is 1. The molecule has 26 heavy (non-hydrogen) atoms. The van der Waals surface area contributed by atoms with E-state index in [0.717, 1.165) is 18.3 Å². The smallest absolute Gasteiger partial charge is 0.419 e. The first-order valence-electron chi connectivity index (χ1n) is 7.08. The lowest BCUT2D eigenvalue weighted by Crippen LogP contribution is -2.17. The number of nitrogens with one attached hydrogen (secondary N) is 1. The molecule has 2 aromatic rings. The minimum Gasteiger partial charge on any atom is -0.507 e. The zero-order valence-electron chi connectivity index (χ0n) is 13.2. The number of hydrogen-bond donors (Lipinski definition) is 2. The van der Waals surface area contributed by atoms with Crippen LogP contribution in [0.1, 0.15) is 27.0 Å². The van der Waals surface area contributed by atoms with Gasteiger partial charge < -0.3 is 5.11 Å². The molecular formula is C16H12F3N3O4. The number of rotatable bonds is 4. The van der Waals surface area contributed by atoms with Crippen LogP contribution in [-0.2, 0) is 6.18 Å². The van der Waals surface area contributed by atoms with Crippen molar-refractivity contribution in [1.29, 1.82) is 0 Å². The molecular weight excluding hydrogens is 355 g/mol. The average molecular weight is 367 g/mol. The second kappa shape index (κ2) is 7.21. The van der Waals surface area contributed by atoms with Crippen LogP contribution in [0.5, 0.6) is 5.75 Å². The van der Waals surface area contributed by atoms with Crippen LogP contribution in [0.15, 0.2) is 41.5 Å². The van der Waals surface area contributed by atoms with E-state index in [1.807, 2.05) is 5.43 Å². The molecule has 0 aliphatic rings. The number of carbonyl (C=O) groups is 1. The zero-order valence-corrected chi connectivity index (χ0v) is 13.2. The Morgan fingerprint density at radius 1 is 1.31 bits per heavy atom. The van der Waals surface area contributed by atoms with Crippen molar-refractivity contribution in [3.05, 3.63) is 68.8 Å². The minimum absolute atomic E-state index is 0.0548. The monoisotopic (exact) mass is 367 g/mol. The van der Waals surface area contributed by atoms with Crippen molar-refractivity contribution in [3.8, 4) is 5.75 Å². The van der Waals surface area contributed by atoms with E-state index in [2.05, 4.69) is 5.10 Å². The van der Waals surface area contributed by atoms with E-state index in [1.54, 1.807) is 0 Å². The van der Waals surface area contributed by atoms with Gasteiger partial charge in [-0.05, 0) is 30.7 Å². The molecule has 10 heteroatoms. The largest absolute Gasteiger partial charge is 0.507 e. The Labute approximate surface area is 144 Å². The number of aromatic hydroxyl groups is 1. The standard InChI is InChI=1S/C16H12F3N3O4/c1-9-5-11(14(23)13(6-9)16(17,18)19)8-20-21-15(24)10-3-2-4-12(7-10)22(25)26/h2-8,23H,1H3,(H,21,24)/b20-8+. The highest BCUT2D eigenvalue weighted by Gasteiger charge is 2.34. The maximum absolute atomic E-state index is 12.9. The van der Waals surface area contributed by atoms with Crippen LogP contribution in [0, 0.1) is 17.0 Å². The van der Waals surface area contributed by atoms with E-state index in [9.17, 15) is 33.2 Å². The summed E-state index contributed by atoms with van der Waals surface area (Å²) >= 11 is 0.